The minimum atomic E-state index is 0.312. The second-order valence-corrected chi connectivity index (χ2v) is 3.75. The molecule has 1 rings (SSSR count). The number of ether oxygens (including phenoxy) is 1. The first-order valence-corrected chi connectivity index (χ1v) is 5.01. The Balaban J connectivity index is 2.07. The van der Waals surface area contributed by atoms with Gasteiger partial charge in [0.1, 0.15) is 0 Å². The standard InChI is InChI=1S/C10H18N2O/c1-9(4-5-11)12-7-10-3-2-6-13-8-10/h9-10,12H,2-4,6-8H2,1H3. The summed E-state index contributed by atoms with van der Waals surface area (Å²) < 4.78 is 5.37. The van der Waals surface area contributed by atoms with E-state index in [0.29, 0.717) is 18.4 Å². The predicted molar refractivity (Wildman–Crippen MR) is 51.2 cm³/mol. The van der Waals surface area contributed by atoms with E-state index in [4.69, 9.17) is 10.00 Å². The van der Waals surface area contributed by atoms with Gasteiger partial charge < -0.3 is 10.1 Å². The van der Waals surface area contributed by atoms with E-state index in [9.17, 15) is 0 Å². The molecule has 0 aromatic carbocycles. The van der Waals surface area contributed by atoms with Crippen molar-refractivity contribution in [3.8, 4) is 6.07 Å². The first-order chi connectivity index (χ1) is 6.33. The van der Waals surface area contributed by atoms with Gasteiger partial charge in [0.25, 0.3) is 0 Å². The normalized spacial score (nSPS) is 25.1. The molecule has 13 heavy (non-hydrogen) atoms. The maximum Gasteiger partial charge on any atom is 0.0638 e. The minimum Gasteiger partial charge on any atom is -0.381 e. The highest BCUT2D eigenvalue weighted by Crippen LogP contribution is 2.12. The van der Waals surface area contributed by atoms with E-state index in [0.717, 1.165) is 19.8 Å². The van der Waals surface area contributed by atoms with Crippen LogP contribution in [0.15, 0.2) is 0 Å². The van der Waals surface area contributed by atoms with Crippen LogP contribution in [0.4, 0.5) is 0 Å². The smallest absolute Gasteiger partial charge is 0.0638 e. The van der Waals surface area contributed by atoms with Crippen LogP contribution in [0.5, 0.6) is 0 Å². The molecule has 74 valence electrons. The third-order valence-corrected chi connectivity index (χ3v) is 2.41. The fraction of sp³-hybridized carbons (Fsp3) is 0.900. The third kappa shape index (κ3) is 4.25. The van der Waals surface area contributed by atoms with Gasteiger partial charge in [0, 0.05) is 19.2 Å². The summed E-state index contributed by atoms with van der Waals surface area (Å²) >= 11 is 0. The summed E-state index contributed by atoms with van der Waals surface area (Å²) in [6.07, 6.45) is 3.03. The van der Waals surface area contributed by atoms with Gasteiger partial charge in [-0.25, -0.2) is 0 Å². The molecule has 2 atom stereocenters. The highest BCUT2D eigenvalue weighted by Gasteiger charge is 2.14. The third-order valence-electron chi connectivity index (χ3n) is 2.41. The Morgan fingerprint density at radius 3 is 3.15 bits per heavy atom. The molecular formula is C10H18N2O. The predicted octanol–water partition coefficient (Wildman–Crippen LogP) is 1.30. The van der Waals surface area contributed by atoms with Gasteiger partial charge >= 0.3 is 0 Å². The molecule has 1 heterocycles. The Bertz CT molecular complexity index is 170. The van der Waals surface area contributed by atoms with Gasteiger partial charge in [-0.1, -0.05) is 0 Å². The SMILES string of the molecule is CC(CC#N)NCC1CCCOC1. The minimum absolute atomic E-state index is 0.312. The average molecular weight is 182 g/mol. The number of rotatable bonds is 4. The van der Waals surface area contributed by atoms with Crippen molar-refractivity contribution in [3.05, 3.63) is 0 Å². The molecule has 1 aliphatic heterocycles. The molecule has 0 amide bonds. The molecule has 2 unspecified atom stereocenters. The van der Waals surface area contributed by atoms with Gasteiger partial charge in [-0.15, -0.1) is 0 Å². The summed E-state index contributed by atoms with van der Waals surface area (Å²) in [4.78, 5) is 0. The molecule has 0 aliphatic carbocycles. The first kappa shape index (κ1) is 10.5. The molecule has 0 spiro atoms. The van der Waals surface area contributed by atoms with Crippen molar-refractivity contribution < 1.29 is 4.74 Å². The van der Waals surface area contributed by atoms with Gasteiger partial charge in [0.05, 0.1) is 19.1 Å². The number of nitrogens with zero attached hydrogens (tertiary/aromatic N) is 1. The molecule has 0 saturated carbocycles. The lowest BCUT2D eigenvalue weighted by Crippen LogP contribution is -2.34. The van der Waals surface area contributed by atoms with E-state index in [-0.39, 0.29) is 0 Å². The zero-order valence-electron chi connectivity index (χ0n) is 8.25. The number of hydrogen-bond donors (Lipinski definition) is 1. The van der Waals surface area contributed by atoms with E-state index in [1.807, 2.05) is 6.92 Å². The molecule has 0 bridgehead atoms. The second-order valence-electron chi connectivity index (χ2n) is 3.75. The van der Waals surface area contributed by atoms with Gasteiger partial charge in [0.15, 0.2) is 0 Å². The Kier molecular flexibility index (Phi) is 4.81. The number of hydrogen-bond acceptors (Lipinski definition) is 3. The summed E-state index contributed by atoms with van der Waals surface area (Å²) in [5.74, 6) is 0.648. The second kappa shape index (κ2) is 5.95. The molecule has 0 aromatic rings. The molecule has 1 N–H and O–H groups in total. The van der Waals surface area contributed by atoms with Crippen LogP contribution >= 0.6 is 0 Å². The van der Waals surface area contributed by atoms with Crippen molar-refractivity contribution in [1.82, 2.24) is 5.32 Å². The maximum atomic E-state index is 8.46. The van der Waals surface area contributed by atoms with Crippen LogP contribution in [-0.2, 0) is 4.74 Å². The van der Waals surface area contributed by atoms with Crippen molar-refractivity contribution in [3.63, 3.8) is 0 Å². The van der Waals surface area contributed by atoms with Crippen LogP contribution in [0, 0.1) is 17.2 Å². The first-order valence-electron chi connectivity index (χ1n) is 5.01. The van der Waals surface area contributed by atoms with Gasteiger partial charge in [-0.2, -0.15) is 5.26 Å². The zero-order chi connectivity index (χ0) is 9.52. The van der Waals surface area contributed by atoms with Crippen LogP contribution in [-0.4, -0.2) is 25.8 Å². The Morgan fingerprint density at radius 2 is 2.54 bits per heavy atom. The lowest BCUT2D eigenvalue weighted by molar-refractivity contribution is 0.0540. The molecule has 0 radical (unpaired) electrons. The molecule has 3 heteroatoms. The van der Waals surface area contributed by atoms with Crippen molar-refractivity contribution in [2.24, 2.45) is 5.92 Å². The van der Waals surface area contributed by atoms with E-state index < -0.39 is 0 Å². The topological polar surface area (TPSA) is 45.0 Å². The van der Waals surface area contributed by atoms with Crippen molar-refractivity contribution in [2.75, 3.05) is 19.8 Å². The van der Waals surface area contributed by atoms with Crippen LogP contribution in [0.2, 0.25) is 0 Å². The molecule has 0 aromatic heterocycles. The highest BCUT2D eigenvalue weighted by atomic mass is 16.5. The Morgan fingerprint density at radius 1 is 1.69 bits per heavy atom. The van der Waals surface area contributed by atoms with Crippen LogP contribution in [0.1, 0.15) is 26.2 Å². The molecular weight excluding hydrogens is 164 g/mol. The van der Waals surface area contributed by atoms with Crippen molar-refractivity contribution in [2.45, 2.75) is 32.2 Å². The fourth-order valence-electron chi connectivity index (χ4n) is 1.55. The molecule has 1 aliphatic rings. The maximum absolute atomic E-state index is 8.46. The number of nitrogens with one attached hydrogen (secondary N) is 1. The Labute approximate surface area is 80.1 Å². The summed E-state index contributed by atoms with van der Waals surface area (Å²) in [6.45, 7) is 4.84. The van der Waals surface area contributed by atoms with E-state index >= 15 is 0 Å². The molecule has 1 saturated heterocycles. The monoisotopic (exact) mass is 182 g/mol. The van der Waals surface area contributed by atoms with Gasteiger partial charge in [-0.05, 0) is 25.7 Å². The van der Waals surface area contributed by atoms with Gasteiger partial charge in [0.2, 0.25) is 0 Å². The van der Waals surface area contributed by atoms with Gasteiger partial charge in [-0.3, -0.25) is 0 Å². The van der Waals surface area contributed by atoms with E-state index in [1.165, 1.54) is 12.8 Å². The molecule has 1 fully saturated rings. The van der Waals surface area contributed by atoms with Crippen LogP contribution in [0.25, 0.3) is 0 Å². The van der Waals surface area contributed by atoms with E-state index in [1.54, 1.807) is 0 Å². The van der Waals surface area contributed by atoms with Crippen LogP contribution < -0.4 is 5.32 Å². The average Bonchev–Trinajstić information content (AvgIpc) is 2.17. The summed E-state index contributed by atoms with van der Waals surface area (Å²) in [5.41, 5.74) is 0. The summed E-state index contributed by atoms with van der Waals surface area (Å²) in [7, 11) is 0. The zero-order valence-corrected chi connectivity index (χ0v) is 8.25. The summed E-state index contributed by atoms with van der Waals surface area (Å²) in [5, 5.41) is 11.8. The van der Waals surface area contributed by atoms with Crippen molar-refractivity contribution in [1.29, 1.82) is 5.26 Å². The molecule has 3 nitrogen and oxygen atoms in total. The quantitative estimate of drug-likeness (QED) is 0.713. The lowest BCUT2D eigenvalue weighted by Gasteiger charge is -2.23. The number of nitriles is 1. The summed E-state index contributed by atoms with van der Waals surface area (Å²) in [6, 6.07) is 2.47. The van der Waals surface area contributed by atoms with E-state index in [2.05, 4.69) is 11.4 Å². The largest absolute Gasteiger partial charge is 0.381 e. The van der Waals surface area contributed by atoms with Crippen LogP contribution in [0.3, 0.4) is 0 Å². The fourth-order valence-corrected chi connectivity index (χ4v) is 1.55. The van der Waals surface area contributed by atoms with Crippen molar-refractivity contribution >= 4 is 0 Å². The highest BCUT2D eigenvalue weighted by molar-refractivity contribution is 4.78. The lowest BCUT2D eigenvalue weighted by atomic mass is 10.0. The Hall–Kier alpha value is -0.590.